The van der Waals surface area contributed by atoms with Crippen molar-refractivity contribution in [2.24, 2.45) is 0 Å². The van der Waals surface area contributed by atoms with Gasteiger partial charge in [0.25, 0.3) is 0 Å². The van der Waals surface area contributed by atoms with E-state index in [0.29, 0.717) is 11.6 Å². The summed E-state index contributed by atoms with van der Waals surface area (Å²) in [5, 5.41) is 9.69. The molecule has 0 aromatic carbocycles. The maximum absolute atomic E-state index is 11.6. The molecule has 0 fully saturated rings. The lowest BCUT2D eigenvalue weighted by molar-refractivity contribution is -0.113. The summed E-state index contributed by atoms with van der Waals surface area (Å²) < 4.78 is 0. The van der Waals surface area contributed by atoms with E-state index >= 15 is 0 Å². The maximum atomic E-state index is 11.6. The van der Waals surface area contributed by atoms with Gasteiger partial charge in [-0.2, -0.15) is 16.9 Å². The monoisotopic (exact) mass is 241 g/mol. The van der Waals surface area contributed by atoms with E-state index in [-0.39, 0.29) is 5.91 Å². The Morgan fingerprint density at radius 2 is 2.25 bits per heavy atom. The molecule has 0 saturated carbocycles. The van der Waals surface area contributed by atoms with Crippen LogP contribution in [0.5, 0.6) is 0 Å². The molecule has 0 saturated heterocycles. The number of aryl methyl sites for hydroxylation is 1. The standard InChI is InChI=1S/C11H19N3OS/c1-4-5-6-16-7-10(15)12-11-8(2)9(3)13-14-11/h4-7H2,1-3H3,(H2,12,13,14,15). The molecule has 1 rings (SSSR count). The van der Waals surface area contributed by atoms with Crippen LogP contribution in [0.4, 0.5) is 5.82 Å². The largest absolute Gasteiger partial charge is 0.308 e. The first-order valence-electron chi connectivity index (χ1n) is 5.54. The Kier molecular flexibility index (Phi) is 5.38. The van der Waals surface area contributed by atoms with Gasteiger partial charge < -0.3 is 5.32 Å². The lowest BCUT2D eigenvalue weighted by Crippen LogP contribution is -2.15. The summed E-state index contributed by atoms with van der Waals surface area (Å²) in [5.41, 5.74) is 2.00. The summed E-state index contributed by atoms with van der Waals surface area (Å²) in [7, 11) is 0. The quantitative estimate of drug-likeness (QED) is 0.752. The summed E-state index contributed by atoms with van der Waals surface area (Å²) in [4.78, 5) is 11.6. The molecular weight excluding hydrogens is 222 g/mol. The lowest BCUT2D eigenvalue weighted by Gasteiger charge is -2.02. The van der Waals surface area contributed by atoms with E-state index in [9.17, 15) is 4.79 Å². The SMILES string of the molecule is CCCCSCC(=O)Nc1n[nH]c(C)c1C. The number of carbonyl (C=O) groups excluding carboxylic acids is 1. The molecule has 2 N–H and O–H groups in total. The average molecular weight is 241 g/mol. The molecule has 90 valence electrons. The number of thioether (sulfide) groups is 1. The van der Waals surface area contributed by atoms with Crippen molar-refractivity contribution < 1.29 is 4.79 Å². The van der Waals surface area contributed by atoms with Crippen molar-refractivity contribution in [2.75, 3.05) is 16.8 Å². The smallest absolute Gasteiger partial charge is 0.235 e. The van der Waals surface area contributed by atoms with Crippen molar-refractivity contribution in [2.45, 2.75) is 33.6 Å². The minimum atomic E-state index is 0.0238. The first-order valence-corrected chi connectivity index (χ1v) is 6.69. The number of H-pyrrole nitrogens is 1. The van der Waals surface area contributed by atoms with Gasteiger partial charge in [0.15, 0.2) is 5.82 Å². The summed E-state index contributed by atoms with van der Waals surface area (Å²) in [6.45, 7) is 6.03. The second-order valence-corrected chi connectivity index (χ2v) is 4.88. The predicted molar refractivity (Wildman–Crippen MR) is 68.9 cm³/mol. The Bertz CT molecular complexity index is 349. The van der Waals surface area contributed by atoms with Crippen molar-refractivity contribution in [3.05, 3.63) is 11.3 Å². The summed E-state index contributed by atoms with van der Waals surface area (Å²) >= 11 is 1.67. The van der Waals surface area contributed by atoms with Crippen LogP contribution in [-0.2, 0) is 4.79 Å². The number of rotatable bonds is 6. The second-order valence-electron chi connectivity index (χ2n) is 3.78. The van der Waals surface area contributed by atoms with Gasteiger partial charge >= 0.3 is 0 Å². The van der Waals surface area contributed by atoms with Crippen molar-refractivity contribution in [3.8, 4) is 0 Å². The minimum absolute atomic E-state index is 0.0238. The third-order valence-corrected chi connectivity index (χ3v) is 3.43. The molecule has 4 nitrogen and oxygen atoms in total. The van der Waals surface area contributed by atoms with Gasteiger partial charge in [0.1, 0.15) is 0 Å². The molecule has 1 aromatic rings. The topological polar surface area (TPSA) is 57.8 Å². The molecule has 0 aliphatic rings. The number of carbonyl (C=O) groups is 1. The number of nitrogens with one attached hydrogen (secondary N) is 2. The maximum Gasteiger partial charge on any atom is 0.235 e. The molecule has 1 heterocycles. The highest BCUT2D eigenvalue weighted by Crippen LogP contribution is 2.14. The Hall–Kier alpha value is -0.970. The highest BCUT2D eigenvalue weighted by atomic mass is 32.2. The van der Waals surface area contributed by atoms with E-state index in [2.05, 4.69) is 22.4 Å². The fourth-order valence-corrected chi connectivity index (χ4v) is 2.08. The molecule has 16 heavy (non-hydrogen) atoms. The van der Waals surface area contributed by atoms with Crippen LogP contribution >= 0.6 is 11.8 Å². The summed E-state index contributed by atoms with van der Waals surface area (Å²) in [5.74, 6) is 2.22. The van der Waals surface area contributed by atoms with Crippen LogP contribution in [0.1, 0.15) is 31.0 Å². The third kappa shape index (κ3) is 3.89. The zero-order chi connectivity index (χ0) is 12.0. The summed E-state index contributed by atoms with van der Waals surface area (Å²) in [6, 6.07) is 0. The number of hydrogen-bond donors (Lipinski definition) is 2. The zero-order valence-corrected chi connectivity index (χ0v) is 10.9. The van der Waals surface area contributed by atoms with Crippen molar-refractivity contribution in [3.63, 3.8) is 0 Å². The number of nitrogens with zero attached hydrogens (tertiary/aromatic N) is 1. The molecule has 0 radical (unpaired) electrons. The molecule has 5 heteroatoms. The molecule has 0 aliphatic heterocycles. The Morgan fingerprint density at radius 3 is 2.81 bits per heavy atom. The van der Waals surface area contributed by atoms with E-state index in [4.69, 9.17) is 0 Å². The van der Waals surface area contributed by atoms with Crippen molar-refractivity contribution in [1.29, 1.82) is 0 Å². The van der Waals surface area contributed by atoms with Crippen LogP contribution < -0.4 is 5.32 Å². The lowest BCUT2D eigenvalue weighted by atomic mass is 10.3. The van der Waals surface area contributed by atoms with E-state index in [1.807, 2.05) is 13.8 Å². The number of anilines is 1. The fraction of sp³-hybridized carbons (Fsp3) is 0.636. The molecule has 1 aromatic heterocycles. The number of aromatic amines is 1. The van der Waals surface area contributed by atoms with Gasteiger partial charge in [-0.25, -0.2) is 0 Å². The van der Waals surface area contributed by atoms with Gasteiger partial charge in [-0.1, -0.05) is 13.3 Å². The predicted octanol–water partition coefficient (Wildman–Crippen LogP) is 2.50. The van der Waals surface area contributed by atoms with Crippen LogP contribution in [-0.4, -0.2) is 27.6 Å². The van der Waals surface area contributed by atoms with Gasteiger partial charge in [0.05, 0.1) is 5.75 Å². The Labute approximate surface area is 101 Å². The van der Waals surface area contributed by atoms with Crippen LogP contribution in [0.3, 0.4) is 0 Å². The number of hydrogen-bond acceptors (Lipinski definition) is 3. The first kappa shape index (κ1) is 13.1. The van der Waals surface area contributed by atoms with Gasteiger partial charge in [-0.05, 0) is 26.0 Å². The number of unbranched alkanes of at least 4 members (excludes halogenated alkanes) is 1. The fourth-order valence-electron chi connectivity index (χ4n) is 1.19. The number of amides is 1. The van der Waals surface area contributed by atoms with Crippen LogP contribution in [0.25, 0.3) is 0 Å². The van der Waals surface area contributed by atoms with Crippen LogP contribution in [0.15, 0.2) is 0 Å². The molecular formula is C11H19N3OS. The van der Waals surface area contributed by atoms with E-state index in [1.165, 1.54) is 12.8 Å². The summed E-state index contributed by atoms with van der Waals surface area (Å²) in [6.07, 6.45) is 2.34. The molecule has 0 atom stereocenters. The van der Waals surface area contributed by atoms with Crippen molar-refractivity contribution in [1.82, 2.24) is 10.2 Å². The second kappa shape index (κ2) is 6.58. The molecule has 0 spiro atoms. The highest BCUT2D eigenvalue weighted by Gasteiger charge is 2.08. The van der Waals surface area contributed by atoms with Crippen LogP contribution in [0.2, 0.25) is 0 Å². The minimum Gasteiger partial charge on any atom is -0.308 e. The van der Waals surface area contributed by atoms with E-state index in [1.54, 1.807) is 11.8 Å². The van der Waals surface area contributed by atoms with Gasteiger partial charge in [-0.3, -0.25) is 9.89 Å². The average Bonchev–Trinajstić information content (AvgIpc) is 2.56. The molecule has 0 aliphatic carbocycles. The van der Waals surface area contributed by atoms with Crippen molar-refractivity contribution >= 4 is 23.5 Å². The van der Waals surface area contributed by atoms with Gasteiger partial charge in [-0.15, -0.1) is 0 Å². The molecule has 0 unspecified atom stereocenters. The van der Waals surface area contributed by atoms with E-state index < -0.39 is 0 Å². The van der Waals surface area contributed by atoms with Gasteiger partial charge in [0, 0.05) is 11.3 Å². The number of aromatic nitrogens is 2. The first-order chi connectivity index (χ1) is 7.65. The Morgan fingerprint density at radius 1 is 1.50 bits per heavy atom. The third-order valence-electron chi connectivity index (χ3n) is 2.39. The van der Waals surface area contributed by atoms with Gasteiger partial charge in [0.2, 0.25) is 5.91 Å². The molecule has 1 amide bonds. The highest BCUT2D eigenvalue weighted by molar-refractivity contribution is 7.99. The van der Waals surface area contributed by atoms with E-state index in [0.717, 1.165) is 17.0 Å². The Balaban J connectivity index is 2.31. The zero-order valence-electron chi connectivity index (χ0n) is 10.1. The molecule has 0 bridgehead atoms. The normalized spacial score (nSPS) is 10.4. The van der Waals surface area contributed by atoms with Crippen LogP contribution in [0, 0.1) is 13.8 Å².